The number of benzene rings is 4. The topological polar surface area (TPSA) is 96.3 Å². The molecule has 2 N–H and O–H groups in total. The summed E-state index contributed by atoms with van der Waals surface area (Å²) in [6.07, 6.45) is -9.30. The van der Waals surface area contributed by atoms with Crippen LogP contribution in [0.2, 0.25) is 11.4 Å². The van der Waals surface area contributed by atoms with E-state index < -0.39 is 96.9 Å². The van der Waals surface area contributed by atoms with E-state index in [9.17, 15) is 50.5 Å². The number of fused-ring (bicyclic) bond motifs is 3. The summed E-state index contributed by atoms with van der Waals surface area (Å²) in [4.78, 5) is 29.4. The van der Waals surface area contributed by atoms with Gasteiger partial charge in [-0.2, -0.15) is 26.3 Å². The summed E-state index contributed by atoms with van der Waals surface area (Å²) in [6, 6.07) is 24.1. The summed E-state index contributed by atoms with van der Waals surface area (Å²) in [6.45, 7) is 7.98. The summed E-state index contributed by atoms with van der Waals surface area (Å²) in [5.41, 5.74) is -1.76. The highest BCUT2D eigenvalue weighted by atomic mass is 28.4. The van der Waals surface area contributed by atoms with Gasteiger partial charge in [0.15, 0.2) is 11.6 Å². The molecule has 0 aromatic heterocycles. The number of carbonyl (C=O) groups excluding carboxylic acids is 2. The number of aromatic hydroxyl groups is 1. The molecule has 62 heavy (non-hydrogen) atoms. The molecule has 0 unspecified atom stereocenters. The van der Waals surface area contributed by atoms with Crippen molar-refractivity contribution in [3.63, 3.8) is 0 Å². The van der Waals surface area contributed by atoms with Gasteiger partial charge in [0.25, 0.3) is 8.32 Å². The quantitative estimate of drug-likeness (QED) is 0.0714. The predicted octanol–water partition coefficient (Wildman–Crippen LogP) is 9.33. The Morgan fingerprint density at radius 2 is 1.44 bits per heavy atom. The lowest BCUT2D eigenvalue weighted by Crippen LogP contribution is -2.66. The number of hydrogen-bond acceptors (Lipinski definition) is 6. The second-order valence-electron chi connectivity index (χ2n) is 17.3. The minimum atomic E-state index is -5.23. The highest BCUT2D eigenvalue weighted by molar-refractivity contribution is 6.99. The van der Waals surface area contributed by atoms with Crippen molar-refractivity contribution in [1.82, 2.24) is 0 Å². The van der Waals surface area contributed by atoms with Crippen molar-refractivity contribution in [2.75, 3.05) is 11.5 Å². The van der Waals surface area contributed by atoms with E-state index in [2.05, 4.69) is 20.8 Å². The summed E-state index contributed by atoms with van der Waals surface area (Å²) >= 11 is 0. The first-order valence-corrected chi connectivity index (χ1v) is 22.1. The molecule has 7 rings (SSSR count). The van der Waals surface area contributed by atoms with Gasteiger partial charge in [0.1, 0.15) is 0 Å². The lowest BCUT2D eigenvalue weighted by Gasteiger charge is -2.46. The average Bonchev–Trinajstić information content (AvgIpc) is 3.46. The molecule has 2 amide bonds. The van der Waals surface area contributed by atoms with Crippen LogP contribution in [0.5, 0.6) is 5.75 Å². The van der Waals surface area contributed by atoms with Crippen molar-refractivity contribution in [2.45, 2.75) is 76.8 Å². The molecule has 4 aromatic rings. The van der Waals surface area contributed by atoms with Gasteiger partial charge in [0.05, 0.1) is 41.4 Å². The van der Waals surface area contributed by atoms with Gasteiger partial charge in [0, 0.05) is 0 Å². The van der Waals surface area contributed by atoms with Gasteiger partial charge in [0.2, 0.25) is 11.8 Å². The molecule has 2 aliphatic heterocycles. The van der Waals surface area contributed by atoms with Crippen LogP contribution >= 0.6 is 0 Å². The molecule has 2 heterocycles. The third kappa shape index (κ3) is 8.66. The maximum atomic E-state index is 14.5. The fourth-order valence-electron chi connectivity index (χ4n) is 9.50. The molecule has 0 spiro atoms. The molecule has 7 nitrogen and oxygen atoms in total. The van der Waals surface area contributed by atoms with E-state index in [1.807, 2.05) is 60.7 Å². The summed E-state index contributed by atoms with van der Waals surface area (Å²) < 4.78 is 112. The second-order valence-corrected chi connectivity index (χ2v) is 21.6. The molecular formula is C46H45BF7NO6Si. The number of amides is 2. The zero-order valence-corrected chi connectivity index (χ0v) is 35.4. The minimum Gasteiger partial charge on any atom is -0.505 e. The Kier molecular flexibility index (Phi) is 12.3. The number of alkyl halides is 6. The number of nitrogens with zero attached hydrogens (tertiary/aromatic N) is 1. The monoisotopic (exact) mass is 879 g/mol. The van der Waals surface area contributed by atoms with Gasteiger partial charge in [-0.05, 0) is 101 Å². The van der Waals surface area contributed by atoms with Gasteiger partial charge in [-0.25, -0.2) is 9.29 Å². The van der Waals surface area contributed by atoms with Crippen molar-refractivity contribution in [2.24, 2.45) is 17.8 Å². The maximum absolute atomic E-state index is 14.5. The molecule has 2 saturated heterocycles. The first-order chi connectivity index (χ1) is 29.1. The van der Waals surface area contributed by atoms with Crippen LogP contribution in [-0.2, 0) is 31.0 Å². The van der Waals surface area contributed by atoms with Crippen LogP contribution in [0, 0.1) is 23.6 Å². The Morgan fingerprint density at radius 3 is 1.97 bits per heavy atom. The van der Waals surface area contributed by atoms with Crippen LogP contribution < -0.4 is 15.3 Å². The zero-order valence-electron chi connectivity index (χ0n) is 34.4. The SMILES string of the molecule is C/C(=C\c1ccc(O)c(F)c1)CC[C@H]1OB(O)C[C@H]2C1=C(CO[Si](c1ccccc1)(c1ccccc1)C(C)(C)C)C[C@H]1C(=O)N(c3cc(C(F)(F)F)cc(C(F)(F)F)c3)C(=O)[C@H]12. The van der Waals surface area contributed by atoms with E-state index >= 15 is 0 Å². The van der Waals surface area contributed by atoms with E-state index in [1.54, 1.807) is 19.1 Å². The van der Waals surface area contributed by atoms with Crippen molar-refractivity contribution in [1.29, 1.82) is 0 Å². The number of imide groups is 1. The molecule has 16 heteroatoms. The number of halogens is 7. The van der Waals surface area contributed by atoms with Crippen molar-refractivity contribution in [3.05, 3.63) is 136 Å². The third-order valence-corrected chi connectivity index (χ3v) is 17.2. The maximum Gasteiger partial charge on any atom is 0.455 e. The Balaban J connectivity index is 1.33. The minimum absolute atomic E-state index is 0.0600. The molecule has 4 atom stereocenters. The molecule has 1 aliphatic carbocycles. The van der Waals surface area contributed by atoms with E-state index in [-0.39, 0.29) is 31.8 Å². The normalized spacial score (nSPS) is 21.4. The standard InChI is InChI=1S/C46H45BF7NO6Si/c1-27(19-28-16-17-38(56)37(48)20-28)15-18-39-40-29(26-60-62(44(2,3)4,33-11-7-5-8-12-33)34-13-9-6-10-14-34)21-35-41(36(40)25-47(59)61-39)43(58)55(42(35)57)32-23-30(45(49,50)51)22-31(24-32)46(52,53)54/h5-14,16-17,19-20,22-24,35-36,39,41,56,59H,15,18,21,25-26H2,1-4H3/b27-19+/t35-,36+,39-,41-/m1/s1. The first-order valence-electron chi connectivity index (χ1n) is 20.2. The van der Waals surface area contributed by atoms with Gasteiger partial charge >= 0.3 is 19.5 Å². The number of phenols is 1. The van der Waals surface area contributed by atoms with E-state index in [1.165, 1.54) is 12.1 Å². The van der Waals surface area contributed by atoms with Crippen LogP contribution in [0.25, 0.3) is 6.08 Å². The number of allylic oxidation sites excluding steroid dienone is 1. The van der Waals surface area contributed by atoms with Gasteiger partial charge < -0.3 is 19.2 Å². The van der Waals surface area contributed by atoms with Gasteiger partial charge in [-0.3, -0.25) is 9.59 Å². The van der Waals surface area contributed by atoms with Crippen molar-refractivity contribution < 1.29 is 59.5 Å². The second kappa shape index (κ2) is 16.9. The van der Waals surface area contributed by atoms with Crippen LogP contribution in [0.4, 0.5) is 36.4 Å². The molecular weight excluding hydrogens is 834 g/mol. The largest absolute Gasteiger partial charge is 0.505 e. The van der Waals surface area contributed by atoms with E-state index in [0.717, 1.165) is 15.9 Å². The number of hydrogen-bond donors (Lipinski definition) is 2. The lowest BCUT2D eigenvalue weighted by molar-refractivity contribution is -0.143. The Labute approximate surface area is 356 Å². The van der Waals surface area contributed by atoms with Gasteiger partial charge in [-0.1, -0.05) is 99.2 Å². The Morgan fingerprint density at radius 1 is 0.855 bits per heavy atom. The number of carbonyl (C=O) groups is 2. The molecule has 0 bridgehead atoms. The smallest absolute Gasteiger partial charge is 0.455 e. The molecule has 0 saturated carbocycles. The fourth-order valence-corrected chi connectivity index (χ4v) is 14.1. The predicted molar refractivity (Wildman–Crippen MR) is 223 cm³/mol. The molecule has 2 fully saturated rings. The fraction of sp³-hybridized carbons (Fsp3) is 0.348. The summed E-state index contributed by atoms with van der Waals surface area (Å²) in [7, 11) is -4.69. The average molecular weight is 880 g/mol. The lowest BCUT2D eigenvalue weighted by atomic mass is 9.58. The molecule has 326 valence electrons. The van der Waals surface area contributed by atoms with Crippen LogP contribution in [0.3, 0.4) is 0 Å². The van der Waals surface area contributed by atoms with E-state index in [0.29, 0.717) is 40.2 Å². The summed E-state index contributed by atoms with van der Waals surface area (Å²) in [5, 5.41) is 22.3. The van der Waals surface area contributed by atoms with Crippen LogP contribution in [0.15, 0.2) is 114 Å². The summed E-state index contributed by atoms with van der Waals surface area (Å²) in [5.74, 6) is -6.56. The Bertz CT molecular complexity index is 2330. The molecule has 4 aromatic carbocycles. The highest BCUT2D eigenvalue weighted by Gasteiger charge is 2.59. The van der Waals surface area contributed by atoms with Gasteiger partial charge in [-0.15, -0.1) is 0 Å². The highest BCUT2D eigenvalue weighted by Crippen LogP contribution is 2.52. The Hall–Kier alpha value is -5.03. The van der Waals surface area contributed by atoms with Crippen LogP contribution in [0.1, 0.15) is 63.6 Å². The zero-order chi connectivity index (χ0) is 44.9. The first kappa shape index (κ1) is 45.0. The number of anilines is 1. The molecule has 3 aliphatic rings. The van der Waals surface area contributed by atoms with Crippen molar-refractivity contribution >= 4 is 49.4 Å². The van der Waals surface area contributed by atoms with Crippen molar-refractivity contribution in [3.8, 4) is 5.75 Å². The number of phenolic OH excluding ortho intramolecular Hbond substituents is 1. The third-order valence-electron chi connectivity index (χ3n) is 12.2. The molecule has 0 radical (unpaired) electrons. The van der Waals surface area contributed by atoms with Crippen LogP contribution in [-0.4, -0.2) is 50.1 Å². The number of rotatable bonds is 10. The van der Waals surface area contributed by atoms with E-state index in [4.69, 9.17) is 9.08 Å².